The van der Waals surface area contributed by atoms with Gasteiger partial charge in [-0.05, 0) is 24.3 Å². The highest BCUT2D eigenvalue weighted by molar-refractivity contribution is 6.37. The smallest absolute Gasteiger partial charge is 0.324 e. The summed E-state index contributed by atoms with van der Waals surface area (Å²) in [5, 5.41) is 14.6. The number of carbonyl (C=O) groups is 1. The van der Waals surface area contributed by atoms with E-state index in [-0.39, 0.29) is 15.8 Å². The number of hydrogen-bond acceptors (Lipinski definition) is 3. The molecule has 0 aliphatic carbocycles. The summed E-state index contributed by atoms with van der Waals surface area (Å²) in [5.41, 5.74) is 0.362. The zero-order valence-corrected chi connectivity index (χ0v) is 11.0. The molecule has 0 bridgehead atoms. The number of phenols is 1. The molecule has 7 heteroatoms. The Balaban J connectivity index is 2.07. The van der Waals surface area contributed by atoms with E-state index in [2.05, 4.69) is 15.6 Å². The van der Waals surface area contributed by atoms with Crippen molar-refractivity contribution in [2.75, 3.05) is 10.6 Å². The van der Waals surface area contributed by atoms with Gasteiger partial charge < -0.3 is 10.4 Å². The van der Waals surface area contributed by atoms with Crippen molar-refractivity contribution in [2.45, 2.75) is 0 Å². The zero-order valence-electron chi connectivity index (χ0n) is 9.52. The largest absolute Gasteiger partial charge is 0.505 e. The van der Waals surface area contributed by atoms with Gasteiger partial charge in [0.2, 0.25) is 0 Å². The van der Waals surface area contributed by atoms with Crippen LogP contribution in [0.3, 0.4) is 0 Å². The van der Waals surface area contributed by atoms with Gasteiger partial charge in [0.1, 0.15) is 5.82 Å². The van der Waals surface area contributed by atoms with E-state index in [1.807, 2.05) is 0 Å². The molecule has 2 amide bonds. The van der Waals surface area contributed by atoms with Crippen LogP contribution in [0.15, 0.2) is 36.5 Å². The average molecular weight is 298 g/mol. The average Bonchev–Trinajstić information content (AvgIpc) is 2.37. The van der Waals surface area contributed by atoms with Crippen LogP contribution in [0.2, 0.25) is 10.0 Å². The number of hydrogen-bond donors (Lipinski definition) is 3. The van der Waals surface area contributed by atoms with Crippen molar-refractivity contribution >= 4 is 40.7 Å². The number of aromatic hydroxyl groups is 1. The van der Waals surface area contributed by atoms with Crippen LogP contribution < -0.4 is 10.6 Å². The lowest BCUT2D eigenvalue weighted by Gasteiger charge is -2.08. The minimum atomic E-state index is -0.489. The number of aromatic nitrogens is 1. The Labute approximate surface area is 119 Å². The third kappa shape index (κ3) is 3.49. The van der Waals surface area contributed by atoms with Crippen LogP contribution in [0, 0.1) is 0 Å². The lowest BCUT2D eigenvalue weighted by atomic mass is 10.3. The number of benzene rings is 1. The van der Waals surface area contributed by atoms with Crippen molar-refractivity contribution in [1.82, 2.24) is 4.98 Å². The molecule has 2 aromatic rings. The van der Waals surface area contributed by atoms with Crippen LogP contribution in [-0.4, -0.2) is 16.1 Å². The number of nitrogens with one attached hydrogen (secondary N) is 2. The molecular formula is C12H9Cl2N3O2. The van der Waals surface area contributed by atoms with Gasteiger partial charge in [-0.15, -0.1) is 0 Å². The Bertz CT molecular complexity index is 582. The molecule has 0 aliphatic rings. The Morgan fingerprint density at radius 2 is 1.84 bits per heavy atom. The molecular weight excluding hydrogens is 289 g/mol. The molecule has 5 nitrogen and oxygen atoms in total. The summed E-state index contributed by atoms with van der Waals surface area (Å²) in [6.07, 6.45) is 1.56. The van der Waals surface area contributed by atoms with Crippen molar-refractivity contribution in [3.8, 4) is 5.75 Å². The number of nitrogens with zero attached hydrogens (tertiary/aromatic N) is 1. The fourth-order valence-corrected chi connectivity index (χ4v) is 1.84. The summed E-state index contributed by atoms with van der Waals surface area (Å²) in [5.74, 6) is 0.190. The van der Waals surface area contributed by atoms with Crippen LogP contribution in [0.25, 0.3) is 0 Å². The predicted octanol–water partition coefficient (Wildman–Crippen LogP) is 3.74. The standard InChI is InChI=1S/C12H9Cl2N3O2/c13-8-5-7(6-9(14)11(8)18)16-12(19)17-10-3-1-2-4-15-10/h1-6,18H,(H2,15,16,17,19). The van der Waals surface area contributed by atoms with Gasteiger partial charge in [0.15, 0.2) is 5.75 Å². The lowest BCUT2D eigenvalue weighted by Crippen LogP contribution is -2.19. The molecule has 0 saturated carbocycles. The first-order valence-electron chi connectivity index (χ1n) is 5.23. The van der Waals surface area contributed by atoms with Crippen molar-refractivity contribution < 1.29 is 9.90 Å². The molecule has 1 aromatic carbocycles. The van der Waals surface area contributed by atoms with E-state index in [1.165, 1.54) is 12.1 Å². The first-order valence-corrected chi connectivity index (χ1v) is 5.99. The predicted molar refractivity (Wildman–Crippen MR) is 75.0 cm³/mol. The molecule has 0 spiro atoms. The van der Waals surface area contributed by atoms with Crippen LogP contribution in [0.1, 0.15) is 0 Å². The number of urea groups is 1. The quantitative estimate of drug-likeness (QED) is 0.739. The number of rotatable bonds is 2. The number of amides is 2. The van der Waals surface area contributed by atoms with Crippen LogP contribution >= 0.6 is 23.2 Å². The topological polar surface area (TPSA) is 74.2 Å². The van der Waals surface area contributed by atoms with E-state index in [9.17, 15) is 9.90 Å². The highest BCUT2D eigenvalue weighted by atomic mass is 35.5. The van der Waals surface area contributed by atoms with E-state index in [0.717, 1.165) is 0 Å². The minimum absolute atomic E-state index is 0.0561. The summed E-state index contributed by atoms with van der Waals surface area (Å²) in [7, 11) is 0. The second-order valence-electron chi connectivity index (χ2n) is 3.58. The Kier molecular flexibility index (Phi) is 4.09. The second kappa shape index (κ2) is 5.77. The number of phenolic OH excluding ortho intramolecular Hbond substituents is 1. The van der Waals surface area contributed by atoms with Crippen molar-refractivity contribution in [1.29, 1.82) is 0 Å². The van der Waals surface area contributed by atoms with E-state index in [4.69, 9.17) is 23.2 Å². The van der Waals surface area contributed by atoms with Gasteiger partial charge in [-0.2, -0.15) is 0 Å². The van der Waals surface area contributed by atoms with Crippen LogP contribution in [0.4, 0.5) is 16.3 Å². The fraction of sp³-hybridized carbons (Fsp3) is 0. The number of halogens is 2. The SMILES string of the molecule is O=C(Nc1cc(Cl)c(O)c(Cl)c1)Nc1ccccn1. The molecule has 0 aliphatic heterocycles. The van der Waals surface area contributed by atoms with Gasteiger partial charge in [-0.3, -0.25) is 5.32 Å². The molecule has 0 saturated heterocycles. The highest BCUT2D eigenvalue weighted by Crippen LogP contribution is 2.34. The number of pyridine rings is 1. The van der Waals surface area contributed by atoms with Gasteiger partial charge in [0.25, 0.3) is 0 Å². The molecule has 98 valence electrons. The van der Waals surface area contributed by atoms with Gasteiger partial charge in [0.05, 0.1) is 10.0 Å². The maximum absolute atomic E-state index is 11.7. The van der Waals surface area contributed by atoms with Gasteiger partial charge in [-0.1, -0.05) is 29.3 Å². The maximum Gasteiger partial charge on any atom is 0.324 e. The zero-order chi connectivity index (χ0) is 13.8. The van der Waals surface area contributed by atoms with Gasteiger partial charge in [0, 0.05) is 11.9 Å². The van der Waals surface area contributed by atoms with E-state index >= 15 is 0 Å². The van der Waals surface area contributed by atoms with E-state index < -0.39 is 6.03 Å². The Morgan fingerprint density at radius 1 is 1.16 bits per heavy atom. The Hall–Kier alpha value is -1.98. The monoisotopic (exact) mass is 297 g/mol. The summed E-state index contributed by atoms with van der Waals surface area (Å²) >= 11 is 11.5. The summed E-state index contributed by atoms with van der Waals surface area (Å²) in [6.45, 7) is 0. The third-order valence-electron chi connectivity index (χ3n) is 2.18. The summed E-state index contributed by atoms with van der Waals surface area (Å²) in [6, 6.07) is 7.42. The van der Waals surface area contributed by atoms with Crippen molar-refractivity contribution in [3.05, 3.63) is 46.6 Å². The van der Waals surface area contributed by atoms with Crippen molar-refractivity contribution in [2.24, 2.45) is 0 Å². The normalized spacial score (nSPS) is 10.0. The summed E-state index contributed by atoms with van der Waals surface area (Å²) < 4.78 is 0. The molecule has 1 aromatic heterocycles. The second-order valence-corrected chi connectivity index (χ2v) is 4.40. The van der Waals surface area contributed by atoms with Gasteiger partial charge in [-0.25, -0.2) is 9.78 Å². The first-order chi connectivity index (χ1) is 9.06. The number of anilines is 2. The minimum Gasteiger partial charge on any atom is -0.505 e. The fourth-order valence-electron chi connectivity index (χ4n) is 1.35. The molecule has 3 N–H and O–H groups in total. The molecule has 0 fully saturated rings. The van der Waals surface area contributed by atoms with Gasteiger partial charge >= 0.3 is 6.03 Å². The summed E-state index contributed by atoms with van der Waals surface area (Å²) in [4.78, 5) is 15.6. The van der Waals surface area contributed by atoms with Crippen LogP contribution in [0.5, 0.6) is 5.75 Å². The van der Waals surface area contributed by atoms with Crippen molar-refractivity contribution in [3.63, 3.8) is 0 Å². The molecule has 19 heavy (non-hydrogen) atoms. The highest BCUT2D eigenvalue weighted by Gasteiger charge is 2.09. The lowest BCUT2D eigenvalue weighted by molar-refractivity contribution is 0.262. The van der Waals surface area contributed by atoms with E-state index in [0.29, 0.717) is 11.5 Å². The van der Waals surface area contributed by atoms with Crippen LogP contribution in [-0.2, 0) is 0 Å². The molecule has 2 rings (SSSR count). The number of carbonyl (C=O) groups excluding carboxylic acids is 1. The molecule has 0 atom stereocenters. The first kappa shape index (κ1) is 13.5. The third-order valence-corrected chi connectivity index (χ3v) is 2.76. The Morgan fingerprint density at radius 3 is 2.42 bits per heavy atom. The molecule has 0 radical (unpaired) electrons. The molecule has 0 unspecified atom stereocenters. The maximum atomic E-state index is 11.7. The molecule has 1 heterocycles. The van der Waals surface area contributed by atoms with E-state index in [1.54, 1.807) is 24.4 Å².